The highest BCUT2D eigenvalue weighted by Crippen LogP contribution is 2.30. The topological polar surface area (TPSA) is 119 Å². The number of carbonyl (C=O) groups excluding carboxylic acids is 1. The summed E-state index contributed by atoms with van der Waals surface area (Å²) in [5, 5.41) is 12.5. The number of nitrogens with zero attached hydrogens (tertiary/aromatic N) is 4. The first-order valence-electron chi connectivity index (χ1n) is 8.93. The molecule has 1 unspecified atom stereocenters. The van der Waals surface area contributed by atoms with Crippen molar-refractivity contribution in [2.24, 2.45) is 0 Å². The Kier molecular flexibility index (Phi) is 7.07. The summed E-state index contributed by atoms with van der Waals surface area (Å²) < 4.78 is 6.76. The summed E-state index contributed by atoms with van der Waals surface area (Å²) in [7, 11) is 0. The van der Waals surface area contributed by atoms with Crippen LogP contribution in [0.25, 0.3) is 11.4 Å². The Balaban J connectivity index is 2.41. The number of hydrogen-bond acceptors (Lipinski definition) is 6. The maximum Gasteiger partial charge on any atom is 0.407 e. The molecule has 0 aliphatic rings. The maximum atomic E-state index is 12.0. The summed E-state index contributed by atoms with van der Waals surface area (Å²) in [6.07, 6.45) is 1.19. The second kappa shape index (κ2) is 8.96. The zero-order valence-corrected chi connectivity index (χ0v) is 18.3. The molecule has 2 aromatic rings. The Morgan fingerprint density at radius 1 is 1.28 bits per heavy atom. The lowest BCUT2D eigenvalue weighted by molar-refractivity contribution is 0.0504. The molecule has 29 heavy (non-hydrogen) atoms. The van der Waals surface area contributed by atoms with Crippen LogP contribution in [0.3, 0.4) is 0 Å². The van der Waals surface area contributed by atoms with Crippen molar-refractivity contribution in [3.8, 4) is 11.4 Å². The van der Waals surface area contributed by atoms with Crippen molar-refractivity contribution < 1.29 is 19.4 Å². The molecule has 0 radical (unpaired) electrons. The molecule has 0 bridgehead atoms. The van der Waals surface area contributed by atoms with Gasteiger partial charge in [-0.2, -0.15) is 0 Å². The van der Waals surface area contributed by atoms with Gasteiger partial charge in [0.1, 0.15) is 17.0 Å². The molecule has 0 fully saturated rings. The lowest BCUT2D eigenvalue weighted by Crippen LogP contribution is -2.40. The van der Waals surface area contributed by atoms with E-state index in [1.807, 2.05) is 6.92 Å². The molecule has 11 heteroatoms. The molecule has 0 aromatic carbocycles. The number of rotatable bonds is 6. The van der Waals surface area contributed by atoms with Crippen molar-refractivity contribution >= 4 is 35.3 Å². The van der Waals surface area contributed by atoms with Crippen molar-refractivity contribution in [1.29, 1.82) is 0 Å². The minimum Gasteiger partial charge on any atom is -0.475 e. The van der Waals surface area contributed by atoms with E-state index in [1.165, 1.54) is 10.8 Å². The molecule has 0 spiro atoms. The largest absolute Gasteiger partial charge is 0.475 e. The smallest absolute Gasteiger partial charge is 0.407 e. The van der Waals surface area contributed by atoms with E-state index in [-0.39, 0.29) is 28.4 Å². The summed E-state index contributed by atoms with van der Waals surface area (Å²) in [6, 6.07) is -0.431. The van der Waals surface area contributed by atoms with Gasteiger partial charge >= 0.3 is 12.1 Å². The van der Waals surface area contributed by atoms with Crippen molar-refractivity contribution in [3.63, 3.8) is 0 Å². The average molecular weight is 444 g/mol. The Hall–Kier alpha value is -2.39. The Morgan fingerprint density at radius 2 is 1.93 bits per heavy atom. The van der Waals surface area contributed by atoms with Crippen LogP contribution in [0.15, 0.2) is 6.20 Å². The van der Waals surface area contributed by atoms with Gasteiger partial charge in [-0.3, -0.25) is 0 Å². The van der Waals surface area contributed by atoms with Crippen LogP contribution < -0.4 is 5.32 Å². The molecule has 2 heterocycles. The van der Waals surface area contributed by atoms with Gasteiger partial charge in [-0.1, -0.05) is 18.5 Å². The first-order valence-corrected chi connectivity index (χ1v) is 9.69. The number of aromatic carboxylic acids is 1. The Morgan fingerprint density at radius 3 is 2.48 bits per heavy atom. The third-order valence-corrected chi connectivity index (χ3v) is 4.22. The Bertz CT molecular complexity index is 924. The molecule has 9 nitrogen and oxygen atoms in total. The summed E-state index contributed by atoms with van der Waals surface area (Å²) in [6.45, 7) is 9.02. The van der Waals surface area contributed by atoms with Crippen molar-refractivity contribution in [2.75, 3.05) is 0 Å². The molecule has 0 aliphatic carbocycles. The highest BCUT2D eigenvalue weighted by atomic mass is 35.5. The fourth-order valence-electron chi connectivity index (χ4n) is 2.73. The predicted molar refractivity (Wildman–Crippen MR) is 108 cm³/mol. The standard InChI is InChI=1S/C18H23Cl2N5O4/c1-6-11-13(12-10(19)7-21-16(20)24-12)23-14(15(26)27)25(11)8-9(2)22-17(28)29-18(3,4)5/h7,9H,6,8H2,1-5H3,(H,22,28)(H,26,27). The van der Waals surface area contributed by atoms with E-state index >= 15 is 0 Å². The first kappa shape index (κ1) is 22.9. The van der Waals surface area contributed by atoms with Gasteiger partial charge in [0.05, 0.1) is 11.2 Å². The van der Waals surface area contributed by atoms with Gasteiger partial charge in [-0.15, -0.1) is 0 Å². The molecule has 2 rings (SSSR count). The highest BCUT2D eigenvalue weighted by molar-refractivity contribution is 6.33. The van der Waals surface area contributed by atoms with E-state index in [1.54, 1.807) is 27.7 Å². The quantitative estimate of drug-likeness (QED) is 0.650. The van der Waals surface area contributed by atoms with Crippen LogP contribution in [0, 0.1) is 0 Å². The van der Waals surface area contributed by atoms with Gasteiger partial charge in [0, 0.05) is 18.3 Å². The number of amides is 1. The number of halogens is 2. The average Bonchev–Trinajstić information content (AvgIpc) is 2.93. The van der Waals surface area contributed by atoms with Crippen LogP contribution in [-0.4, -0.2) is 48.3 Å². The normalized spacial score (nSPS) is 12.5. The fraction of sp³-hybridized carbons (Fsp3) is 0.500. The van der Waals surface area contributed by atoms with Gasteiger partial charge < -0.3 is 19.7 Å². The van der Waals surface area contributed by atoms with Crippen LogP contribution >= 0.6 is 23.2 Å². The molecule has 0 aliphatic heterocycles. The van der Waals surface area contributed by atoms with Crippen LogP contribution in [0.4, 0.5) is 4.79 Å². The summed E-state index contributed by atoms with van der Waals surface area (Å²) in [5.41, 5.74) is 0.508. The molecule has 2 aromatic heterocycles. The number of alkyl carbamates (subject to hydrolysis) is 1. The highest BCUT2D eigenvalue weighted by Gasteiger charge is 2.26. The van der Waals surface area contributed by atoms with Crippen LogP contribution in [0.5, 0.6) is 0 Å². The number of hydrogen-bond donors (Lipinski definition) is 2. The predicted octanol–water partition coefficient (Wildman–Crippen LogP) is 3.82. The monoisotopic (exact) mass is 443 g/mol. The van der Waals surface area contributed by atoms with E-state index in [0.29, 0.717) is 17.8 Å². The molecule has 1 amide bonds. The fourth-order valence-corrected chi connectivity index (χ4v) is 3.05. The SMILES string of the molecule is CCc1c(-c2nc(Cl)ncc2Cl)nc(C(=O)O)n1CC(C)NC(=O)OC(C)(C)C. The van der Waals surface area contributed by atoms with Crippen molar-refractivity contribution in [1.82, 2.24) is 24.8 Å². The zero-order chi connectivity index (χ0) is 21.9. The van der Waals surface area contributed by atoms with Crippen LogP contribution in [-0.2, 0) is 17.7 Å². The van der Waals surface area contributed by atoms with Crippen LogP contribution in [0.2, 0.25) is 10.3 Å². The van der Waals surface area contributed by atoms with E-state index < -0.39 is 23.7 Å². The van der Waals surface area contributed by atoms with Gasteiger partial charge in [-0.25, -0.2) is 24.5 Å². The minimum absolute atomic E-state index is 0.0298. The molecular weight excluding hydrogens is 421 g/mol. The number of carboxylic acids is 1. The summed E-state index contributed by atoms with van der Waals surface area (Å²) in [5.74, 6) is -1.41. The summed E-state index contributed by atoms with van der Waals surface area (Å²) in [4.78, 5) is 35.9. The second-order valence-corrected chi connectivity index (χ2v) is 8.13. The van der Waals surface area contributed by atoms with Gasteiger partial charge in [0.15, 0.2) is 0 Å². The third kappa shape index (κ3) is 5.80. The van der Waals surface area contributed by atoms with E-state index in [0.717, 1.165) is 0 Å². The van der Waals surface area contributed by atoms with Crippen molar-refractivity contribution in [3.05, 3.63) is 28.0 Å². The van der Waals surface area contributed by atoms with Gasteiger partial charge in [-0.05, 0) is 45.7 Å². The Labute approximate surface area is 178 Å². The van der Waals surface area contributed by atoms with Crippen molar-refractivity contribution in [2.45, 2.75) is 59.2 Å². The number of ether oxygens (including phenoxy) is 1. The maximum absolute atomic E-state index is 12.0. The number of aromatic nitrogens is 4. The lowest BCUT2D eigenvalue weighted by atomic mass is 10.2. The molecule has 2 N–H and O–H groups in total. The number of carbonyl (C=O) groups is 2. The minimum atomic E-state index is -1.22. The number of nitrogens with one attached hydrogen (secondary N) is 1. The molecule has 1 atom stereocenters. The second-order valence-electron chi connectivity index (χ2n) is 7.38. The van der Waals surface area contributed by atoms with Gasteiger partial charge in [0.2, 0.25) is 11.1 Å². The summed E-state index contributed by atoms with van der Waals surface area (Å²) >= 11 is 12.1. The molecule has 0 saturated carbocycles. The molecule has 0 saturated heterocycles. The van der Waals surface area contributed by atoms with E-state index in [2.05, 4.69) is 20.3 Å². The van der Waals surface area contributed by atoms with E-state index in [4.69, 9.17) is 27.9 Å². The number of imidazole rings is 1. The third-order valence-electron chi connectivity index (χ3n) is 3.76. The molecule has 158 valence electrons. The van der Waals surface area contributed by atoms with E-state index in [9.17, 15) is 14.7 Å². The lowest BCUT2D eigenvalue weighted by Gasteiger charge is -2.22. The molecular formula is C18H23Cl2N5O4. The zero-order valence-electron chi connectivity index (χ0n) is 16.8. The van der Waals surface area contributed by atoms with Gasteiger partial charge in [0.25, 0.3) is 0 Å². The first-order chi connectivity index (χ1) is 13.4. The number of carboxylic acid groups (broad SMARTS) is 1. The van der Waals surface area contributed by atoms with Crippen LogP contribution in [0.1, 0.15) is 50.9 Å².